The summed E-state index contributed by atoms with van der Waals surface area (Å²) in [5.74, 6) is 0.607. The lowest BCUT2D eigenvalue weighted by Crippen LogP contribution is -2.44. The first kappa shape index (κ1) is 15.4. The molecule has 0 aliphatic rings. The molecule has 0 heterocycles. The van der Waals surface area contributed by atoms with E-state index in [9.17, 15) is 4.79 Å². The van der Waals surface area contributed by atoms with Crippen LogP contribution in [0.5, 0.6) is 5.75 Å². The minimum atomic E-state index is -0.234. The summed E-state index contributed by atoms with van der Waals surface area (Å²) >= 11 is 4.95. The number of methoxy groups -OCH3 is 1. The second-order valence-electron chi connectivity index (χ2n) is 4.30. The molecule has 4 nitrogen and oxygen atoms in total. The van der Waals surface area contributed by atoms with Gasteiger partial charge in [-0.25, -0.2) is 0 Å². The van der Waals surface area contributed by atoms with Gasteiger partial charge in [-0.2, -0.15) is 0 Å². The van der Waals surface area contributed by atoms with Crippen molar-refractivity contribution in [2.24, 2.45) is 5.73 Å². The van der Waals surface area contributed by atoms with Gasteiger partial charge in [0.15, 0.2) is 0 Å². The number of rotatable bonds is 7. The normalized spacial score (nSPS) is 11.7. The number of benzene rings is 1. The van der Waals surface area contributed by atoms with Gasteiger partial charge in [0.25, 0.3) is 0 Å². The molecule has 0 saturated carbocycles. The van der Waals surface area contributed by atoms with Crippen molar-refractivity contribution < 1.29 is 9.53 Å². The van der Waals surface area contributed by atoms with Crippen LogP contribution in [0.1, 0.15) is 25.3 Å². The number of nitrogens with one attached hydrogen (secondary N) is 1. The van der Waals surface area contributed by atoms with Crippen molar-refractivity contribution >= 4 is 23.1 Å². The van der Waals surface area contributed by atoms with Crippen LogP contribution in [-0.2, 0) is 11.2 Å². The van der Waals surface area contributed by atoms with Crippen LogP contribution in [0.15, 0.2) is 24.3 Å². The average Bonchev–Trinajstić information content (AvgIpc) is 2.38. The molecule has 0 radical (unpaired) electrons. The zero-order chi connectivity index (χ0) is 14.3. The highest BCUT2D eigenvalue weighted by Gasteiger charge is 2.15. The third kappa shape index (κ3) is 4.87. The maximum absolute atomic E-state index is 12.0. The first-order chi connectivity index (χ1) is 9.08. The molecule has 0 aliphatic carbocycles. The maximum atomic E-state index is 12.0. The van der Waals surface area contributed by atoms with Crippen LogP contribution < -0.4 is 15.8 Å². The van der Waals surface area contributed by atoms with Crippen molar-refractivity contribution in [2.75, 3.05) is 7.11 Å². The van der Waals surface area contributed by atoms with E-state index in [4.69, 9.17) is 22.7 Å². The van der Waals surface area contributed by atoms with Crippen LogP contribution in [0.3, 0.4) is 0 Å². The molecule has 1 unspecified atom stereocenters. The molecule has 0 bridgehead atoms. The molecular formula is C14H20N2O2S. The number of carbonyl (C=O) groups excluding carboxylic acids is 1. The number of nitrogens with two attached hydrogens (primary N) is 1. The number of hydrogen-bond acceptors (Lipinski definition) is 3. The molecule has 1 rings (SSSR count). The lowest BCUT2D eigenvalue weighted by Gasteiger charge is -2.17. The van der Waals surface area contributed by atoms with Crippen molar-refractivity contribution in [3.8, 4) is 5.75 Å². The summed E-state index contributed by atoms with van der Waals surface area (Å²) in [5.41, 5.74) is 6.46. The number of hydrogen-bond donors (Lipinski definition) is 2. The van der Waals surface area contributed by atoms with E-state index in [0.717, 1.165) is 18.4 Å². The van der Waals surface area contributed by atoms with E-state index >= 15 is 0 Å². The van der Waals surface area contributed by atoms with Crippen LogP contribution in [0.4, 0.5) is 0 Å². The summed E-state index contributed by atoms with van der Waals surface area (Å²) in [6.45, 7) is 2.03. The molecule has 0 fully saturated rings. The Kier molecular flexibility index (Phi) is 6.29. The molecule has 1 aromatic carbocycles. The Balaban J connectivity index is 2.66. The number of thiocarbonyl (C=S) groups is 1. The van der Waals surface area contributed by atoms with Gasteiger partial charge in [0.2, 0.25) is 5.91 Å². The van der Waals surface area contributed by atoms with E-state index < -0.39 is 0 Å². The SMILES string of the molecule is CCCC(NC(=O)Cc1ccccc1OC)C(N)=S. The van der Waals surface area contributed by atoms with Crippen LogP contribution in [0.2, 0.25) is 0 Å². The molecule has 19 heavy (non-hydrogen) atoms. The smallest absolute Gasteiger partial charge is 0.225 e. The molecular weight excluding hydrogens is 260 g/mol. The van der Waals surface area contributed by atoms with Crippen molar-refractivity contribution in [1.29, 1.82) is 0 Å². The highest BCUT2D eigenvalue weighted by atomic mass is 32.1. The van der Waals surface area contributed by atoms with Crippen LogP contribution >= 0.6 is 12.2 Å². The fraction of sp³-hybridized carbons (Fsp3) is 0.429. The zero-order valence-corrected chi connectivity index (χ0v) is 12.1. The number of amides is 1. The van der Waals surface area contributed by atoms with E-state index in [2.05, 4.69) is 5.32 Å². The fourth-order valence-electron chi connectivity index (χ4n) is 1.84. The van der Waals surface area contributed by atoms with E-state index in [-0.39, 0.29) is 18.4 Å². The quantitative estimate of drug-likeness (QED) is 0.748. The van der Waals surface area contributed by atoms with E-state index in [1.54, 1.807) is 7.11 Å². The van der Waals surface area contributed by atoms with Gasteiger partial charge < -0.3 is 15.8 Å². The molecule has 0 aromatic heterocycles. The van der Waals surface area contributed by atoms with Crippen molar-refractivity contribution in [3.63, 3.8) is 0 Å². The predicted octanol–water partition coefficient (Wildman–Crippen LogP) is 1.81. The van der Waals surface area contributed by atoms with E-state index in [1.807, 2.05) is 31.2 Å². The molecule has 1 amide bonds. The Morgan fingerprint density at radius 3 is 2.74 bits per heavy atom. The van der Waals surface area contributed by atoms with Crippen LogP contribution in [0.25, 0.3) is 0 Å². The summed E-state index contributed by atoms with van der Waals surface area (Å²) in [5, 5.41) is 2.86. The molecule has 1 aromatic rings. The van der Waals surface area contributed by atoms with Gasteiger partial charge in [-0.05, 0) is 12.5 Å². The number of ether oxygens (including phenoxy) is 1. The fourth-order valence-corrected chi connectivity index (χ4v) is 2.02. The standard InChI is InChI=1S/C14H20N2O2S/c1-3-6-11(14(15)19)16-13(17)9-10-7-4-5-8-12(10)18-2/h4-5,7-8,11H,3,6,9H2,1-2H3,(H2,15,19)(H,16,17). The molecule has 3 N–H and O–H groups in total. The Hall–Kier alpha value is -1.62. The van der Waals surface area contributed by atoms with Gasteiger partial charge in [-0.1, -0.05) is 43.8 Å². The molecule has 104 valence electrons. The topological polar surface area (TPSA) is 64.3 Å². The Labute approximate surface area is 119 Å². The Bertz CT molecular complexity index is 449. The Morgan fingerprint density at radius 1 is 1.47 bits per heavy atom. The summed E-state index contributed by atoms with van der Waals surface area (Å²) in [6, 6.07) is 7.22. The lowest BCUT2D eigenvalue weighted by molar-refractivity contribution is -0.120. The van der Waals surface area contributed by atoms with Crippen molar-refractivity contribution in [2.45, 2.75) is 32.2 Å². The lowest BCUT2D eigenvalue weighted by atomic mass is 10.1. The van der Waals surface area contributed by atoms with Gasteiger partial charge in [-0.15, -0.1) is 0 Å². The van der Waals surface area contributed by atoms with Crippen LogP contribution in [-0.4, -0.2) is 24.0 Å². The highest BCUT2D eigenvalue weighted by molar-refractivity contribution is 7.80. The summed E-state index contributed by atoms with van der Waals surface area (Å²) in [4.78, 5) is 12.3. The monoisotopic (exact) mass is 280 g/mol. The maximum Gasteiger partial charge on any atom is 0.225 e. The largest absolute Gasteiger partial charge is 0.496 e. The van der Waals surface area contributed by atoms with Gasteiger partial charge in [-0.3, -0.25) is 4.79 Å². The average molecular weight is 280 g/mol. The van der Waals surface area contributed by atoms with E-state index in [0.29, 0.717) is 10.7 Å². The third-order valence-corrected chi connectivity index (χ3v) is 3.08. The first-order valence-corrected chi connectivity index (χ1v) is 6.69. The molecule has 5 heteroatoms. The van der Waals surface area contributed by atoms with Gasteiger partial charge in [0.1, 0.15) is 5.75 Å². The first-order valence-electron chi connectivity index (χ1n) is 6.29. The molecule has 0 spiro atoms. The van der Waals surface area contributed by atoms with Crippen molar-refractivity contribution in [1.82, 2.24) is 5.32 Å². The molecule has 1 atom stereocenters. The second-order valence-corrected chi connectivity index (χ2v) is 4.77. The third-order valence-electron chi connectivity index (χ3n) is 2.80. The highest BCUT2D eigenvalue weighted by Crippen LogP contribution is 2.17. The van der Waals surface area contributed by atoms with E-state index in [1.165, 1.54) is 0 Å². The van der Waals surface area contributed by atoms with Gasteiger partial charge in [0, 0.05) is 5.56 Å². The summed E-state index contributed by atoms with van der Waals surface area (Å²) in [6.07, 6.45) is 1.93. The number of para-hydroxylation sites is 1. The second kappa shape index (κ2) is 7.74. The van der Waals surface area contributed by atoms with Crippen molar-refractivity contribution in [3.05, 3.63) is 29.8 Å². The summed E-state index contributed by atoms with van der Waals surface area (Å²) < 4.78 is 5.22. The predicted molar refractivity (Wildman–Crippen MR) is 80.3 cm³/mol. The minimum absolute atomic E-state index is 0.101. The van der Waals surface area contributed by atoms with Gasteiger partial charge in [0.05, 0.1) is 24.6 Å². The Morgan fingerprint density at radius 2 is 2.16 bits per heavy atom. The van der Waals surface area contributed by atoms with Gasteiger partial charge >= 0.3 is 0 Å². The zero-order valence-electron chi connectivity index (χ0n) is 11.3. The van der Waals surface area contributed by atoms with Crippen LogP contribution in [0, 0.1) is 0 Å². The minimum Gasteiger partial charge on any atom is -0.496 e. The molecule has 0 saturated heterocycles. The summed E-state index contributed by atoms with van der Waals surface area (Å²) in [7, 11) is 1.59. The number of carbonyl (C=O) groups is 1. The molecule has 0 aliphatic heterocycles.